The van der Waals surface area contributed by atoms with E-state index in [4.69, 9.17) is 49.0 Å². The molecule has 2 aromatic carbocycles. The molecule has 3 heterocycles. The lowest BCUT2D eigenvalue weighted by molar-refractivity contribution is -0.189. The summed E-state index contributed by atoms with van der Waals surface area (Å²) < 4.78 is 20.8. The Morgan fingerprint density at radius 1 is 1.25 bits per heavy atom. The zero-order valence-corrected chi connectivity index (χ0v) is 24.3. The van der Waals surface area contributed by atoms with E-state index in [0.29, 0.717) is 46.0 Å². The number of aliphatic carboxylic acids is 1. The maximum Gasteiger partial charge on any atom is 0.304 e. The number of aromatic nitrogens is 2. The van der Waals surface area contributed by atoms with Crippen LogP contribution in [-0.4, -0.2) is 70.5 Å². The first kappa shape index (κ1) is 29.1. The molecule has 0 aliphatic carbocycles. The Bertz CT molecular complexity index is 1320. The van der Waals surface area contributed by atoms with E-state index in [0.717, 1.165) is 24.2 Å². The predicted octanol–water partition coefficient (Wildman–Crippen LogP) is 4.75. The lowest BCUT2D eigenvalue weighted by Gasteiger charge is -2.35. The Morgan fingerprint density at radius 3 is 2.83 bits per heavy atom. The van der Waals surface area contributed by atoms with Crippen LogP contribution in [0.2, 0.25) is 15.1 Å². The minimum absolute atomic E-state index is 0.0718. The molecule has 0 amide bonds. The van der Waals surface area contributed by atoms with Crippen LogP contribution in [0.5, 0.6) is 5.75 Å². The summed E-state index contributed by atoms with van der Waals surface area (Å²) in [7, 11) is 0. The quantitative estimate of drug-likeness (QED) is 0.340. The van der Waals surface area contributed by atoms with Gasteiger partial charge >= 0.3 is 5.97 Å². The van der Waals surface area contributed by atoms with Gasteiger partial charge in [-0.15, -0.1) is 0 Å². The predicted molar refractivity (Wildman–Crippen MR) is 152 cm³/mol. The number of carboxylic acids is 1. The number of benzene rings is 2. The summed E-state index contributed by atoms with van der Waals surface area (Å²) in [5.41, 5.74) is 2.56. The molecule has 2 saturated heterocycles. The van der Waals surface area contributed by atoms with Crippen molar-refractivity contribution in [3.8, 4) is 5.75 Å². The number of halogens is 3. The highest BCUT2D eigenvalue weighted by atomic mass is 35.5. The van der Waals surface area contributed by atoms with Crippen LogP contribution in [0, 0.1) is 6.92 Å². The summed E-state index contributed by atoms with van der Waals surface area (Å²) in [6, 6.07) is 9.07. The number of piperazine rings is 1. The molecule has 3 unspecified atom stereocenters. The molecule has 0 saturated carbocycles. The van der Waals surface area contributed by atoms with Crippen LogP contribution in [0.25, 0.3) is 0 Å². The van der Waals surface area contributed by atoms with Crippen LogP contribution in [0.4, 0.5) is 0 Å². The molecule has 9 nitrogen and oxygen atoms in total. The van der Waals surface area contributed by atoms with E-state index in [1.807, 2.05) is 35.9 Å². The monoisotopic (exact) mass is 608 g/mol. The Morgan fingerprint density at radius 2 is 2.10 bits per heavy atom. The summed E-state index contributed by atoms with van der Waals surface area (Å²) in [4.78, 5) is 17.6. The smallest absolute Gasteiger partial charge is 0.304 e. The van der Waals surface area contributed by atoms with E-state index in [-0.39, 0.29) is 31.8 Å². The third kappa shape index (κ3) is 6.74. The van der Waals surface area contributed by atoms with Crippen LogP contribution in [0.1, 0.15) is 23.1 Å². The van der Waals surface area contributed by atoms with E-state index in [9.17, 15) is 9.90 Å². The molecule has 1 aromatic heterocycles. The van der Waals surface area contributed by atoms with Gasteiger partial charge in [-0.1, -0.05) is 46.9 Å². The zero-order valence-electron chi connectivity index (χ0n) is 22.0. The van der Waals surface area contributed by atoms with Gasteiger partial charge in [0.2, 0.25) is 5.79 Å². The third-order valence-electron chi connectivity index (χ3n) is 7.12. The molecule has 214 valence electrons. The summed E-state index contributed by atoms with van der Waals surface area (Å²) in [6.07, 6.45) is 4.92. The maximum atomic E-state index is 11.3. The molecule has 3 atom stereocenters. The van der Waals surface area contributed by atoms with Crippen molar-refractivity contribution >= 4 is 40.8 Å². The molecular weight excluding hydrogens is 579 g/mol. The summed E-state index contributed by atoms with van der Waals surface area (Å²) in [5.74, 6) is -1.37. The largest absolute Gasteiger partial charge is 0.489 e. The number of hydrogen-bond acceptors (Lipinski definition) is 7. The molecule has 2 N–H and O–H groups in total. The lowest BCUT2D eigenvalue weighted by atomic mass is 10.1. The van der Waals surface area contributed by atoms with Crippen molar-refractivity contribution in [1.29, 1.82) is 0 Å². The molecule has 2 fully saturated rings. The number of hydrogen-bond donors (Lipinski definition) is 2. The number of nitrogens with one attached hydrogen (secondary N) is 1. The van der Waals surface area contributed by atoms with Gasteiger partial charge < -0.3 is 29.2 Å². The van der Waals surface area contributed by atoms with Crippen molar-refractivity contribution in [3.05, 3.63) is 80.8 Å². The minimum Gasteiger partial charge on any atom is -0.489 e. The van der Waals surface area contributed by atoms with Gasteiger partial charge in [0, 0.05) is 55.2 Å². The highest BCUT2D eigenvalue weighted by Crippen LogP contribution is 2.41. The Hall–Kier alpha value is -2.37. The summed E-state index contributed by atoms with van der Waals surface area (Å²) in [5, 5.41) is 14.0. The second-order valence-corrected chi connectivity index (χ2v) is 11.4. The topological polar surface area (TPSA) is 98.1 Å². The van der Waals surface area contributed by atoms with E-state index in [1.54, 1.807) is 24.7 Å². The van der Waals surface area contributed by atoms with Gasteiger partial charge in [0.25, 0.3) is 0 Å². The first-order chi connectivity index (χ1) is 19.2. The fourth-order valence-corrected chi connectivity index (χ4v) is 6.17. The molecule has 0 bridgehead atoms. The first-order valence-electron chi connectivity index (χ1n) is 13.0. The normalized spacial score (nSPS) is 23.4. The number of ether oxygens (including phenoxy) is 3. The van der Waals surface area contributed by atoms with Crippen LogP contribution in [0.15, 0.2) is 49.1 Å². The van der Waals surface area contributed by atoms with Gasteiger partial charge in [0.05, 0.1) is 35.9 Å². The zero-order chi connectivity index (χ0) is 28.3. The van der Waals surface area contributed by atoms with Gasteiger partial charge in [-0.25, -0.2) is 4.98 Å². The Balaban J connectivity index is 1.27. The highest BCUT2D eigenvalue weighted by Gasteiger charge is 2.45. The van der Waals surface area contributed by atoms with Crippen LogP contribution < -0.4 is 10.1 Å². The Labute approximate surface area is 247 Å². The first-order valence-corrected chi connectivity index (χ1v) is 14.2. The van der Waals surface area contributed by atoms with Crippen molar-refractivity contribution in [2.75, 3.05) is 32.8 Å². The molecule has 5 rings (SSSR count). The molecule has 2 aliphatic heterocycles. The minimum atomic E-state index is -1.14. The summed E-state index contributed by atoms with van der Waals surface area (Å²) >= 11 is 19.4. The van der Waals surface area contributed by atoms with Crippen LogP contribution >= 0.6 is 34.8 Å². The van der Waals surface area contributed by atoms with E-state index in [1.165, 1.54) is 0 Å². The molecule has 3 aromatic rings. The Kier molecular flexibility index (Phi) is 9.21. The molecular formula is C28H31Cl3N4O5. The maximum absolute atomic E-state index is 11.3. The molecule has 2 aliphatic rings. The number of aryl methyl sites for hydroxylation is 1. The molecule has 12 heteroatoms. The average Bonchev–Trinajstić information content (AvgIpc) is 3.55. The fraction of sp³-hybridized carbons (Fsp3) is 0.429. The van der Waals surface area contributed by atoms with E-state index >= 15 is 0 Å². The summed E-state index contributed by atoms with van der Waals surface area (Å²) in [6.45, 7) is 5.63. The van der Waals surface area contributed by atoms with Crippen molar-refractivity contribution in [1.82, 2.24) is 19.8 Å². The second kappa shape index (κ2) is 12.7. The fourth-order valence-electron chi connectivity index (χ4n) is 5.28. The second-order valence-electron chi connectivity index (χ2n) is 10.1. The molecule has 40 heavy (non-hydrogen) atoms. The number of carboxylic acid groups (broad SMARTS) is 1. The highest BCUT2D eigenvalue weighted by molar-refractivity contribution is 6.35. The van der Waals surface area contributed by atoms with E-state index in [2.05, 4.69) is 15.2 Å². The van der Waals surface area contributed by atoms with Crippen molar-refractivity contribution in [2.45, 2.75) is 44.4 Å². The number of carbonyl (C=O) groups is 1. The lowest BCUT2D eigenvalue weighted by Crippen LogP contribution is -2.51. The van der Waals surface area contributed by atoms with E-state index < -0.39 is 11.8 Å². The number of imidazole rings is 1. The molecule has 0 radical (unpaired) electrons. The van der Waals surface area contributed by atoms with Gasteiger partial charge in [-0.05, 0) is 36.2 Å². The van der Waals surface area contributed by atoms with Gasteiger partial charge in [0.15, 0.2) is 0 Å². The van der Waals surface area contributed by atoms with Crippen molar-refractivity contribution in [3.63, 3.8) is 0 Å². The third-order valence-corrected chi connectivity index (χ3v) is 7.95. The van der Waals surface area contributed by atoms with Crippen molar-refractivity contribution < 1.29 is 24.1 Å². The van der Waals surface area contributed by atoms with Gasteiger partial charge in [-0.2, -0.15) is 0 Å². The number of rotatable bonds is 10. The van der Waals surface area contributed by atoms with Crippen molar-refractivity contribution in [2.24, 2.45) is 0 Å². The van der Waals surface area contributed by atoms with Crippen LogP contribution in [0.3, 0.4) is 0 Å². The number of nitrogens with zero attached hydrogens (tertiary/aromatic N) is 3. The molecule has 0 spiro atoms. The van der Waals surface area contributed by atoms with Gasteiger partial charge in [-0.3, -0.25) is 9.69 Å². The van der Waals surface area contributed by atoms with Crippen LogP contribution in [-0.2, 0) is 33.1 Å². The standard InChI is InChI=1S/C28H31Cl3N4O5/c1-18-8-19(13-35-7-5-32-12-21(35)11-26(36)37)9-25(31)27(18)38-14-22-15-39-28(40-22,16-34-6-4-33-17-34)23-3-2-20(29)10-24(23)30/h2-4,6,8-10,17,21-22,32H,5,7,11-16H2,1H3,(H,36,37). The SMILES string of the molecule is Cc1cc(CN2CCNCC2CC(=O)O)cc(Cl)c1OCC1COC(Cn2ccnc2)(c2ccc(Cl)cc2Cl)O1. The average molecular weight is 610 g/mol. The van der Waals surface area contributed by atoms with Gasteiger partial charge in [0.1, 0.15) is 18.5 Å².